The first-order valence-electron chi connectivity index (χ1n) is 13.5. The van der Waals surface area contributed by atoms with Gasteiger partial charge >= 0.3 is 11.9 Å². The number of phenolic OH excluding ortho intramolecular Hbond substituents is 1. The number of aromatic hydroxyl groups is 1. The summed E-state index contributed by atoms with van der Waals surface area (Å²) in [5.41, 5.74) is -6.05. The van der Waals surface area contributed by atoms with Gasteiger partial charge in [-0.25, -0.2) is 4.79 Å². The Hall–Kier alpha value is -2.24. The van der Waals surface area contributed by atoms with Crippen molar-refractivity contribution in [2.75, 3.05) is 6.61 Å². The van der Waals surface area contributed by atoms with Crippen LogP contribution in [0.5, 0.6) is 5.75 Å². The van der Waals surface area contributed by atoms with Gasteiger partial charge in [-0.15, -0.1) is 0 Å². The maximum absolute atomic E-state index is 13.7. The first-order chi connectivity index (χ1) is 17.8. The summed E-state index contributed by atoms with van der Waals surface area (Å²) in [4.78, 5) is 27.1. The number of esters is 2. The Labute approximate surface area is 217 Å². The van der Waals surface area contributed by atoms with Crippen LogP contribution in [-0.2, 0) is 28.5 Å². The molecule has 4 heterocycles. The SMILES string of the molecule is Cc1c(O)ccc2c1[C@H](O)C[C@H]1[C@@H]2C2CC3(O)C(=O)O[C@@]4(C)[C@H]5C[C@@]6(C)[C@@H]7[C@@]2(O)[C@@]1(OC[C@H]6C(=O)O5)O[C@]734. The van der Waals surface area contributed by atoms with Gasteiger partial charge in [-0.2, -0.15) is 0 Å². The van der Waals surface area contributed by atoms with Crippen molar-refractivity contribution in [3.8, 4) is 5.75 Å². The monoisotopic (exact) mass is 526 g/mol. The normalized spacial score (nSPS) is 59.7. The number of ether oxygens (including phenoxy) is 4. The van der Waals surface area contributed by atoms with Crippen LogP contribution in [0.25, 0.3) is 0 Å². The van der Waals surface area contributed by atoms with E-state index in [1.165, 1.54) is 0 Å². The van der Waals surface area contributed by atoms with Gasteiger partial charge in [0.05, 0.1) is 18.6 Å². The quantitative estimate of drug-likeness (QED) is 0.356. The molecule has 6 bridgehead atoms. The summed E-state index contributed by atoms with van der Waals surface area (Å²) in [6, 6.07) is 3.33. The molecule has 0 radical (unpaired) electrons. The van der Waals surface area contributed by atoms with E-state index in [-0.39, 0.29) is 25.2 Å². The predicted octanol–water partition coefficient (Wildman–Crippen LogP) is 0.712. The molecule has 4 saturated heterocycles. The van der Waals surface area contributed by atoms with Gasteiger partial charge in [-0.1, -0.05) is 13.0 Å². The molecule has 7 fully saturated rings. The lowest BCUT2D eigenvalue weighted by atomic mass is 9.40. The molecule has 202 valence electrons. The molecule has 2 unspecified atom stereocenters. The maximum Gasteiger partial charge on any atom is 0.342 e. The highest BCUT2D eigenvalue weighted by molar-refractivity contribution is 5.88. The Morgan fingerprint density at radius 1 is 1.08 bits per heavy atom. The molecule has 10 nitrogen and oxygen atoms in total. The number of hydrogen-bond donors (Lipinski definition) is 4. The van der Waals surface area contributed by atoms with E-state index in [1.807, 2.05) is 6.92 Å². The summed E-state index contributed by atoms with van der Waals surface area (Å²) < 4.78 is 25.4. The molecular weight excluding hydrogens is 496 g/mol. The topological polar surface area (TPSA) is 152 Å². The summed E-state index contributed by atoms with van der Waals surface area (Å²) in [5, 5.41) is 47.4. The summed E-state index contributed by atoms with van der Waals surface area (Å²) in [6.45, 7) is 5.26. The molecule has 13 atom stereocenters. The largest absolute Gasteiger partial charge is 0.508 e. The van der Waals surface area contributed by atoms with Crippen LogP contribution in [0.3, 0.4) is 0 Å². The van der Waals surface area contributed by atoms with Gasteiger partial charge in [0.15, 0.2) is 16.8 Å². The van der Waals surface area contributed by atoms with E-state index in [1.54, 1.807) is 26.0 Å². The van der Waals surface area contributed by atoms with E-state index in [2.05, 4.69) is 0 Å². The minimum atomic E-state index is -2.10. The average Bonchev–Trinajstić information content (AvgIpc) is 3.22. The highest BCUT2D eigenvalue weighted by Crippen LogP contribution is 2.85. The van der Waals surface area contributed by atoms with Gasteiger partial charge in [0.2, 0.25) is 5.79 Å². The zero-order valence-corrected chi connectivity index (χ0v) is 21.3. The Morgan fingerprint density at radius 2 is 1.84 bits per heavy atom. The average molecular weight is 527 g/mol. The molecule has 10 heteroatoms. The lowest BCUT2D eigenvalue weighted by Gasteiger charge is -2.66. The molecule has 1 aromatic carbocycles. The smallest absolute Gasteiger partial charge is 0.342 e. The predicted molar refractivity (Wildman–Crippen MR) is 123 cm³/mol. The van der Waals surface area contributed by atoms with Gasteiger partial charge in [-0.3, -0.25) is 4.79 Å². The molecule has 38 heavy (non-hydrogen) atoms. The number of benzene rings is 1. The Balaban J connectivity index is 1.39. The standard InChI is InChI=1S/C28H30O10/c1-10-15(29)5-4-11-18(10)16(30)6-12-19(11)13-7-25(33)22(32)37-24(3)17-8-23(2)14(20(31)36-17)9-35-28(12)26(13,34)21(23)27(24,25)38-28/h4-5,12-14,16-17,19,21,29-30,33-34H,6-9H2,1-3H3/t12-,13?,14-,16+,17+,19+,21+,23+,24-,25?,26+,27-,28-/m0/s1. The van der Waals surface area contributed by atoms with Gasteiger partial charge < -0.3 is 39.4 Å². The number of aliphatic hydroxyl groups excluding tert-OH is 1. The first kappa shape index (κ1) is 22.6. The van der Waals surface area contributed by atoms with Crippen molar-refractivity contribution in [3.63, 3.8) is 0 Å². The third-order valence-corrected chi connectivity index (χ3v) is 12.5. The summed E-state index contributed by atoms with van der Waals surface area (Å²) in [7, 11) is 0. The van der Waals surface area contributed by atoms with Crippen LogP contribution in [0.15, 0.2) is 12.1 Å². The minimum Gasteiger partial charge on any atom is -0.508 e. The van der Waals surface area contributed by atoms with E-state index < -0.39 is 87.3 Å². The number of hydrogen-bond acceptors (Lipinski definition) is 10. The molecule has 3 saturated carbocycles. The summed E-state index contributed by atoms with van der Waals surface area (Å²) in [6.07, 6.45) is -1.42. The Morgan fingerprint density at radius 3 is 2.61 bits per heavy atom. The van der Waals surface area contributed by atoms with Gasteiger partial charge in [0.1, 0.15) is 17.5 Å². The van der Waals surface area contributed by atoms with Crippen molar-refractivity contribution in [2.45, 2.75) is 86.4 Å². The molecule has 9 rings (SSSR count). The van der Waals surface area contributed by atoms with E-state index >= 15 is 0 Å². The second-order valence-electron chi connectivity index (χ2n) is 13.5. The number of fused-ring (bicyclic) bond motifs is 6. The van der Waals surface area contributed by atoms with E-state index in [0.29, 0.717) is 17.5 Å². The Kier molecular flexibility index (Phi) is 3.43. The van der Waals surface area contributed by atoms with Crippen molar-refractivity contribution in [2.24, 2.45) is 29.1 Å². The fraction of sp³-hybridized carbons (Fsp3) is 0.714. The van der Waals surface area contributed by atoms with Crippen LogP contribution >= 0.6 is 0 Å². The lowest BCUT2D eigenvalue weighted by molar-refractivity contribution is -0.370. The molecule has 4 aliphatic heterocycles. The van der Waals surface area contributed by atoms with E-state index in [0.717, 1.165) is 5.56 Å². The third-order valence-electron chi connectivity index (χ3n) is 12.5. The van der Waals surface area contributed by atoms with Gasteiger partial charge in [-0.05, 0) is 67.2 Å². The lowest BCUT2D eigenvalue weighted by Crippen LogP contribution is -2.82. The van der Waals surface area contributed by atoms with Crippen molar-refractivity contribution >= 4 is 11.9 Å². The molecule has 1 aromatic rings. The Bertz CT molecular complexity index is 1410. The molecule has 4 N–H and O–H groups in total. The molecule has 8 aliphatic rings. The summed E-state index contributed by atoms with van der Waals surface area (Å²) >= 11 is 0. The van der Waals surface area contributed by atoms with Crippen LogP contribution in [-0.4, -0.2) is 73.3 Å². The fourth-order valence-electron chi connectivity index (χ4n) is 11.2. The van der Waals surface area contributed by atoms with Crippen LogP contribution in [0.4, 0.5) is 0 Å². The van der Waals surface area contributed by atoms with Crippen LogP contribution < -0.4 is 0 Å². The molecule has 1 spiro atoms. The second-order valence-corrected chi connectivity index (χ2v) is 13.5. The van der Waals surface area contributed by atoms with E-state index in [4.69, 9.17) is 18.9 Å². The highest BCUT2D eigenvalue weighted by atomic mass is 16.8. The fourth-order valence-corrected chi connectivity index (χ4v) is 11.2. The zero-order chi connectivity index (χ0) is 26.6. The minimum absolute atomic E-state index is 0.0472. The van der Waals surface area contributed by atoms with Gasteiger partial charge in [0.25, 0.3) is 0 Å². The van der Waals surface area contributed by atoms with Crippen molar-refractivity contribution in [1.82, 2.24) is 0 Å². The molecular formula is C28H30O10. The second kappa shape index (κ2) is 5.78. The van der Waals surface area contributed by atoms with Crippen molar-refractivity contribution in [3.05, 3.63) is 28.8 Å². The van der Waals surface area contributed by atoms with Crippen LogP contribution in [0.1, 0.15) is 61.8 Å². The number of aliphatic hydroxyl groups is 3. The number of carbonyl (C=O) groups is 2. The summed E-state index contributed by atoms with van der Waals surface area (Å²) in [5.74, 6) is -6.21. The third kappa shape index (κ3) is 1.73. The molecule has 4 aliphatic carbocycles. The van der Waals surface area contributed by atoms with Crippen molar-refractivity contribution < 1.29 is 49.0 Å². The molecule has 0 amide bonds. The van der Waals surface area contributed by atoms with Crippen LogP contribution in [0, 0.1) is 36.0 Å². The van der Waals surface area contributed by atoms with Crippen LogP contribution in [0.2, 0.25) is 0 Å². The first-order valence-corrected chi connectivity index (χ1v) is 13.5. The number of phenols is 1. The van der Waals surface area contributed by atoms with E-state index in [9.17, 15) is 30.0 Å². The van der Waals surface area contributed by atoms with Crippen molar-refractivity contribution in [1.29, 1.82) is 0 Å². The molecule has 0 aromatic heterocycles. The highest BCUT2D eigenvalue weighted by Gasteiger charge is 3.00. The maximum atomic E-state index is 13.7. The number of carbonyl (C=O) groups excluding carboxylic acids is 2. The number of rotatable bonds is 0. The van der Waals surface area contributed by atoms with Gasteiger partial charge in [0, 0.05) is 17.8 Å². The zero-order valence-electron chi connectivity index (χ0n) is 21.3.